The molecule has 1 aliphatic carbocycles. The average molecular weight is 442 g/mol. The van der Waals surface area contributed by atoms with Crippen LogP contribution in [0, 0.1) is 16.0 Å². The molecule has 0 amide bonds. The van der Waals surface area contributed by atoms with Crippen LogP contribution in [-0.4, -0.2) is 43.9 Å². The summed E-state index contributed by atoms with van der Waals surface area (Å²) >= 11 is 0. The van der Waals surface area contributed by atoms with Crippen molar-refractivity contribution in [1.29, 1.82) is 0 Å². The number of hydrogen-bond acceptors (Lipinski definition) is 6. The Bertz CT molecular complexity index is 1140. The number of anilines is 1. The number of hydrogen-bond donors (Lipinski definition) is 1. The zero-order valence-corrected chi connectivity index (χ0v) is 17.6. The predicted octanol–water partition coefficient (Wildman–Crippen LogP) is 3.44. The number of nitro benzene ring substituents is 1. The third-order valence-corrected chi connectivity index (χ3v) is 8.32. The molecular weight excluding hydrogens is 418 g/mol. The maximum atomic E-state index is 12.9. The molecule has 2 aromatic rings. The van der Waals surface area contributed by atoms with E-state index < -0.39 is 10.0 Å². The van der Waals surface area contributed by atoms with Crippen LogP contribution in [0.1, 0.15) is 29.5 Å². The molecule has 1 fully saturated rings. The second kappa shape index (κ2) is 7.74. The first-order valence-electron chi connectivity index (χ1n) is 10.3. The first kappa shape index (κ1) is 20.2. The standard InChI is InChI=1S/C22H23N3O5S/c26-25(27)16-6-9-21-20(14-16)18-2-1-3-19(18)22(23-21)15-4-7-17(8-5-15)31(28,29)24-10-12-30-13-11-24/h1-2,4-9,14,18-19,22-23H,3,10-13H2/t18-,19+,22+/m0/s1. The highest BCUT2D eigenvalue weighted by molar-refractivity contribution is 7.89. The molecule has 0 saturated carbocycles. The van der Waals surface area contributed by atoms with Crippen molar-refractivity contribution in [2.24, 2.45) is 5.92 Å². The Kier molecular flexibility index (Phi) is 5.04. The Balaban J connectivity index is 1.44. The first-order valence-corrected chi connectivity index (χ1v) is 11.8. The number of nitrogens with zero attached hydrogens (tertiary/aromatic N) is 2. The number of rotatable bonds is 4. The van der Waals surface area contributed by atoms with E-state index in [1.807, 2.05) is 12.1 Å². The zero-order chi connectivity index (χ0) is 21.6. The van der Waals surface area contributed by atoms with Crippen LogP contribution < -0.4 is 5.32 Å². The minimum absolute atomic E-state index is 0.00547. The summed E-state index contributed by atoms with van der Waals surface area (Å²) in [6, 6.07) is 12.0. The molecule has 3 atom stereocenters. The fourth-order valence-electron chi connectivity index (χ4n) is 4.81. The topological polar surface area (TPSA) is 102 Å². The van der Waals surface area contributed by atoms with Gasteiger partial charge in [0.05, 0.1) is 29.1 Å². The lowest BCUT2D eigenvalue weighted by molar-refractivity contribution is -0.384. The van der Waals surface area contributed by atoms with E-state index in [-0.39, 0.29) is 33.4 Å². The van der Waals surface area contributed by atoms with Gasteiger partial charge in [0.15, 0.2) is 0 Å². The quantitative estimate of drug-likeness (QED) is 0.443. The fraction of sp³-hybridized carbons (Fsp3) is 0.364. The Hall–Kier alpha value is -2.75. The van der Waals surface area contributed by atoms with E-state index in [0.717, 1.165) is 23.2 Å². The maximum absolute atomic E-state index is 12.9. The van der Waals surface area contributed by atoms with Crippen LogP contribution in [0.15, 0.2) is 59.5 Å². The molecule has 1 saturated heterocycles. The molecule has 0 radical (unpaired) electrons. The van der Waals surface area contributed by atoms with Gasteiger partial charge in [0.2, 0.25) is 10.0 Å². The lowest BCUT2D eigenvalue weighted by Crippen LogP contribution is -2.40. The Labute approximate surface area is 180 Å². The molecule has 162 valence electrons. The summed E-state index contributed by atoms with van der Waals surface area (Å²) in [5.74, 6) is 0.314. The van der Waals surface area contributed by atoms with Crippen molar-refractivity contribution in [2.75, 3.05) is 31.6 Å². The van der Waals surface area contributed by atoms with Crippen LogP contribution in [0.3, 0.4) is 0 Å². The van der Waals surface area contributed by atoms with Gasteiger partial charge in [-0.15, -0.1) is 0 Å². The number of nitro groups is 1. The van der Waals surface area contributed by atoms with Gasteiger partial charge in [-0.25, -0.2) is 8.42 Å². The number of nitrogens with one attached hydrogen (secondary N) is 1. The van der Waals surface area contributed by atoms with Gasteiger partial charge in [0, 0.05) is 36.8 Å². The molecule has 5 rings (SSSR count). The maximum Gasteiger partial charge on any atom is 0.269 e. The highest BCUT2D eigenvalue weighted by Gasteiger charge is 2.38. The SMILES string of the molecule is O=[N+]([O-])c1ccc2c(c1)[C@H]1C=CC[C@H]1[C@@H](c1ccc(S(=O)(=O)N3CCOCC3)cc1)N2. The minimum Gasteiger partial charge on any atom is -0.379 e. The summed E-state index contributed by atoms with van der Waals surface area (Å²) in [5, 5.41) is 14.7. The van der Waals surface area contributed by atoms with Gasteiger partial charge >= 0.3 is 0 Å². The van der Waals surface area contributed by atoms with E-state index in [1.54, 1.807) is 24.3 Å². The summed E-state index contributed by atoms with van der Waals surface area (Å²) in [4.78, 5) is 11.1. The molecule has 2 aromatic carbocycles. The second-order valence-electron chi connectivity index (χ2n) is 8.09. The molecule has 0 spiro atoms. The smallest absolute Gasteiger partial charge is 0.269 e. The van der Waals surface area contributed by atoms with Gasteiger partial charge in [-0.3, -0.25) is 10.1 Å². The molecule has 1 N–H and O–H groups in total. The van der Waals surface area contributed by atoms with Gasteiger partial charge in [0.1, 0.15) is 0 Å². The van der Waals surface area contributed by atoms with Crippen molar-refractivity contribution in [3.63, 3.8) is 0 Å². The summed E-state index contributed by atoms with van der Waals surface area (Å²) < 4.78 is 32.5. The van der Waals surface area contributed by atoms with Crippen molar-refractivity contribution in [1.82, 2.24) is 4.31 Å². The summed E-state index contributed by atoms with van der Waals surface area (Å²) in [6.07, 6.45) is 5.10. The lowest BCUT2D eigenvalue weighted by atomic mass is 9.77. The molecular formula is C22H23N3O5S. The molecule has 0 unspecified atom stereocenters. The van der Waals surface area contributed by atoms with Crippen LogP contribution in [0.5, 0.6) is 0 Å². The van der Waals surface area contributed by atoms with E-state index in [4.69, 9.17) is 4.74 Å². The number of allylic oxidation sites excluding steroid dienone is 2. The van der Waals surface area contributed by atoms with Crippen LogP contribution in [-0.2, 0) is 14.8 Å². The minimum atomic E-state index is -3.53. The summed E-state index contributed by atoms with van der Waals surface area (Å²) in [7, 11) is -3.53. The van der Waals surface area contributed by atoms with Gasteiger partial charge in [-0.05, 0) is 41.7 Å². The van der Waals surface area contributed by atoms with E-state index in [1.165, 1.54) is 10.4 Å². The van der Waals surface area contributed by atoms with E-state index >= 15 is 0 Å². The third kappa shape index (κ3) is 3.52. The molecule has 8 nitrogen and oxygen atoms in total. The lowest BCUT2D eigenvalue weighted by Gasteiger charge is -2.37. The molecule has 31 heavy (non-hydrogen) atoms. The molecule has 0 aromatic heterocycles. The molecule has 0 bridgehead atoms. The van der Waals surface area contributed by atoms with Crippen molar-refractivity contribution in [3.8, 4) is 0 Å². The van der Waals surface area contributed by atoms with E-state index in [2.05, 4.69) is 17.5 Å². The number of morpholine rings is 1. The Morgan fingerprint density at radius 1 is 1.10 bits per heavy atom. The van der Waals surface area contributed by atoms with E-state index in [9.17, 15) is 18.5 Å². The van der Waals surface area contributed by atoms with Gasteiger partial charge in [-0.2, -0.15) is 4.31 Å². The summed E-state index contributed by atoms with van der Waals surface area (Å²) in [5.41, 5.74) is 2.92. The van der Waals surface area contributed by atoms with Crippen molar-refractivity contribution in [3.05, 3.63) is 75.9 Å². The number of sulfonamides is 1. The average Bonchev–Trinajstić information content (AvgIpc) is 3.29. The number of non-ortho nitro benzene ring substituents is 1. The Morgan fingerprint density at radius 3 is 2.55 bits per heavy atom. The van der Waals surface area contributed by atoms with Gasteiger partial charge < -0.3 is 10.1 Å². The molecule has 2 heterocycles. The molecule has 9 heteroatoms. The second-order valence-corrected chi connectivity index (χ2v) is 10.0. The number of fused-ring (bicyclic) bond motifs is 3. The van der Waals surface area contributed by atoms with Crippen molar-refractivity contribution >= 4 is 21.4 Å². The van der Waals surface area contributed by atoms with Crippen molar-refractivity contribution < 1.29 is 18.1 Å². The monoisotopic (exact) mass is 441 g/mol. The zero-order valence-electron chi connectivity index (χ0n) is 16.8. The van der Waals surface area contributed by atoms with Crippen LogP contribution >= 0.6 is 0 Å². The largest absolute Gasteiger partial charge is 0.379 e. The predicted molar refractivity (Wildman–Crippen MR) is 115 cm³/mol. The number of ether oxygens (including phenoxy) is 1. The van der Waals surface area contributed by atoms with Crippen LogP contribution in [0.2, 0.25) is 0 Å². The third-order valence-electron chi connectivity index (χ3n) is 6.40. The molecule has 2 aliphatic heterocycles. The number of benzene rings is 2. The summed E-state index contributed by atoms with van der Waals surface area (Å²) in [6.45, 7) is 1.56. The van der Waals surface area contributed by atoms with Crippen LogP contribution in [0.25, 0.3) is 0 Å². The fourth-order valence-corrected chi connectivity index (χ4v) is 6.22. The normalized spacial score (nSPS) is 25.5. The first-order chi connectivity index (χ1) is 14.9. The van der Waals surface area contributed by atoms with Crippen molar-refractivity contribution in [2.45, 2.75) is 23.3 Å². The van der Waals surface area contributed by atoms with Gasteiger partial charge in [-0.1, -0.05) is 24.3 Å². The highest BCUT2D eigenvalue weighted by Crippen LogP contribution is 2.50. The highest BCUT2D eigenvalue weighted by atomic mass is 32.2. The van der Waals surface area contributed by atoms with Gasteiger partial charge in [0.25, 0.3) is 5.69 Å². The molecule has 3 aliphatic rings. The van der Waals surface area contributed by atoms with Crippen LogP contribution in [0.4, 0.5) is 11.4 Å². The van der Waals surface area contributed by atoms with E-state index in [0.29, 0.717) is 26.3 Å². The Morgan fingerprint density at radius 2 is 1.84 bits per heavy atom.